The summed E-state index contributed by atoms with van der Waals surface area (Å²) in [5, 5.41) is 6.55. The Balaban J connectivity index is 1.77. The third kappa shape index (κ3) is 1.72. The lowest BCUT2D eigenvalue weighted by Gasteiger charge is -2.37. The molecule has 0 aliphatic carbocycles. The van der Waals surface area contributed by atoms with Crippen LogP contribution >= 0.6 is 0 Å². The molecule has 1 spiro atoms. The number of imidazole rings is 1. The first kappa shape index (κ1) is 15.3. The van der Waals surface area contributed by atoms with E-state index in [1.165, 1.54) is 0 Å². The Morgan fingerprint density at radius 2 is 1.82 bits per heavy atom. The molecule has 0 saturated carbocycles. The molecule has 2 aliphatic heterocycles. The highest BCUT2D eigenvalue weighted by Crippen LogP contribution is 2.49. The first-order valence-electron chi connectivity index (χ1n) is 9.08. The van der Waals surface area contributed by atoms with Crippen LogP contribution in [0.1, 0.15) is 5.56 Å². The molecule has 3 heterocycles. The second-order valence-corrected chi connectivity index (χ2v) is 7.01. The smallest absolute Gasteiger partial charge is 0.276 e. The van der Waals surface area contributed by atoms with E-state index >= 15 is 0 Å². The lowest BCUT2D eigenvalue weighted by Crippen LogP contribution is -2.50. The summed E-state index contributed by atoms with van der Waals surface area (Å²) >= 11 is 0. The molecule has 6 rings (SSSR count). The maximum atomic E-state index is 13.5. The average molecular weight is 368 g/mol. The van der Waals surface area contributed by atoms with Crippen molar-refractivity contribution in [2.75, 3.05) is 17.7 Å². The molecule has 6 nitrogen and oxygen atoms in total. The van der Waals surface area contributed by atoms with Gasteiger partial charge in [0.1, 0.15) is 11.6 Å². The van der Waals surface area contributed by atoms with Gasteiger partial charge >= 0.3 is 0 Å². The van der Waals surface area contributed by atoms with Crippen LogP contribution in [0.5, 0.6) is 5.75 Å². The Hall–Kier alpha value is -3.80. The predicted octanol–water partition coefficient (Wildman–Crippen LogP) is 3.79. The summed E-state index contributed by atoms with van der Waals surface area (Å²) in [7, 11) is 1.63. The third-order valence-electron chi connectivity index (χ3n) is 5.57. The first-order valence-corrected chi connectivity index (χ1v) is 9.08. The Labute approximate surface area is 160 Å². The minimum Gasteiger partial charge on any atom is -0.497 e. The van der Waals surface area contributed by atoms with E-state index in [9.17, 15) is 4.79 Å². The number of rotatable bonds is 1. The van der Waals surface area contributed by atoms with Crippen LogP contribution in [0.2, 0.25) is 0 Å². The number of hydrogen-bond acceptors (Lipinski definition) is 4. The number of carbonyl (C=O) groups is 1. The fourth-order valence-corrected chi connectivity index (χ4v) is 4.32. The van der Waals surface area contributed by atoms with E-state index in [0.717, 1.165) is 39.4 Å². The minimum atomic E-state index is -1.14. The number of carbonyl (C=O) groups excluding carboxylic acids is 1. The molecular formula is C22H16N4O2. The minimum absolute atomic E-state index is 0.144. The van der Waals surface area contributed by atoms with Gasteiger partial charge in [0.25, 0.3) is 5.91 Å². The SMILES string of the molecule is COc1ccc2c(c1)[C@@]1(Nc3ccccc3-c3nc4ccccc4n31)C(=O)N2. The number of methoxy groups -OCH3 is 1. The highest BCUT2D eigenvalue weighted by atomic mass is 16.5. The van der Waals surface area contributed by atoms with Crippen LogP contribution in [-0.2, 0) is 10.5 Å². The van der Waals surface area contributed by atoms with Gasteiger partial charge in [-0.05, 0) is 42.5 Å². The first-order chi connectivity index (χ1) is 13.7. The zero-order valence-electron chi connectivity index (χ0n) is 15.1. The summed E-state index contributed by atoms with van der Waals surface area (Å²) in [5.41, 5.74) is 4.02. The molecule has 6 heteroatoms. The molecule has 4 aromatic rings. The van der Waals surface area contributed by atoms with Gasteiger partial charge in [-0.2, -0.15) is 0 Å². The summed E-state index contributed by atoms with van der Waals surface area (Å²) in [6, 6.07) is 21.5. The van der Waals surface area contributed by atoms with Gasteiger partial charge in [0.05, 0.1) is 18.1 Å². The number of para-hydroxylation sites is 3. The van der Waals surface area contributed by atoms with Crippen molar-refractivity contribution in [3.05, 3.63) is 72.3 Å². The predicted molar refractivity (Wildman–Crippen MR) is 107 cm³/mol. The maximum Gasteiger partial charge on any atom is 0.276 e. The lowest BCUT2D eigenvalue weighted by molar-refractivity contribution is -0.120. The van der Waals surface area contributed by atoms with Crippen LogP contribution in [0.15, 0.2) is 66.7 Å². The number of amides is 1. The monoisotopic (exact) mass is 368 g/mol. The molecule has 136 valence electrons. The van der Waals surface area contributed by atoms with Gasteiger partial charge in [0.2, 0.25) is 5.66 Å². The average Bonchev–Trinajstić information content (AvgIpc) is 3.25. The molecule has 1 atom stereocenters. The van der Waals surface area contributed by atoms with Crippen molar-refractivity contribution in [2.45, 2.75) is 5.66 Å². The summed E-state index contributed by atoms with van der Waals surface area (Å²) in [4.78, 5) is 18.3. The number of hydrogen-bond donors (Lipinski definition) is 2. The second-order valence-electron chi connectivity index (χ2n) is 7.01. The number of nitrogens with zero attached hydrogens (tertiary/aromatic N) is 2. The van der Waals surface area contributed by atoms with Gasteiger partial charge in [-0.15, -0.1) is 0 Å². The van der Waals surface area contributed by atoms with Crippen LogP contribution in [0.3, 0.4) is 0 Å². The van der Waals surface area contributed by atoms with E-state index in [-0.39, 0.29) is 5.91 Å². The zero-order chi connectivity index (χ0) is 18.9. The van der Waals surface area contributed by atoms with Gasteiger partial charge in [-0.3, -0.25) is 9.36 Å². The van der Waals surface area contributed by atoms with E-state index < -0.39 is 5.66 Å². The Bertz CT molecular complexity index is 1290. The highest BCUT2D eigenvalue weighted by Gasteiger charge is 2.53. The van der Waals surface area contributed by atoms with Crippen LogP contribution in [0.4, 0.5) is 11.4 Å². The summed E-state index contributed by atoms with van der Waals surface area (Å²) < 4.78 is 7.45. The molecule has 0 saturated heterocycles. The van der Waals surface area contributed by atoms with Crippen LogP contribution in [0.25, 0.3) is 22.4 Å². The van der Waals surface area contributed by atoms with Gasteiger partial charge in [0.15, 0.2) is 0 Å². The largest absolute Gasteiger partial charge is 0.497 e. The fourth-order valence-electron chi connectivity index (χ4n) is 4.32. The summed E-state index contributed by atoms with van der Waals surface area (Å²) in [5.74, 6) is 1.32. The van der Waals surface area contributed by atoms with E-state index in [0.29, 0.717) is 5.75 Å². The van der Waals surface area contributed by atoms with Gasteiger partial charge in [-0.25, -0.2) is 4.98 Å². The number of nitrogens with one attached hydrogen (secondary N) is 2. The molecule has 1 amide bonds. The van der Waals surface area contributed by atoms with E-state index in [1.54, 1.807) is 7.11 Å². The summed E-state index contributed by atoms with van der Waals surface area (Å²) in [6.07, 6.45) is 0. The van der Waals surface area contributed by atoms with Crippen molar-refractivity contribution in [3.63, 3.8) is 0 Å². The molecule has 1 aromatic heterocycles. The topological polar surface area (TPSA) is 68.2 Å². The molecule has 0 fully saturated rings. The molecule has 2 aliphatic rings. The number of benzene rings is 3. The standard InChI is InChI=1S/C22H16N4O2/c1-28-13-10-11-17-15(12-13)22(21(27)24-17)25-16-7-3-2-6-14(16)20-23-18-8-4-5-9-19(18)26(20)22/h2-12,25H,1H3,(H,24,27)/t22-/m0/s1. The fraction of sp³-hybridized carbons (Fsp3) is 0.0909. The van der Waals surface area contributed by atoms with Crippen molar-refractivity contribution < 1.29 is 9.53 Å². The third-order valence-corrected chi connectivity index (χ3v) is 5.57. The highest BCUT2D eigenvalue weighted by molar-refractivity contribution is 6.10. The number of ether oxygens (including phenoxy) is 1. The molecule has 3 aromatic carbocycles. The summed E-state index contributed by atoms with van der Waals surface area (Å²) in [6.45, 7) is 0. The van der Waals surface area contributed by atoms with Gasteiger partial charge < -0.3 is 15.4 Å². The van der Waals surface area contributed by atoms with Crippen molar-refractivity contribution in [2.24, 2.45) is 0 Å². The quantitative estimate of drug-likeness (QED) is 0.536. The zero-order valence-corrected chi connectivity index (χ0v) is 15.1. The number of aromatic nitrogens is 2. The van der Waals surface area contributed by atoms with E-state index in [4.69, 9.17) is 9.72 Å². The normalized spacial score (nSPS) is 19.0. The Kier molecular flexibility index (Phi) is 2.80. The lowest BCUT2D eigenvalue weighted by atomic mass is 9.95. The van der Waals surface area contributed by atoms with Gasteiger partial charge in [-0.1, -0.05) is 24.3 Å². The van der Waals surface area contributed by atoms with E-state index in [2.05, 4.69) is 10.6 Å². The molecule has 0 radical (unpaired) electrons. The van der Waals surface area contributed by atoms with Crippen molar-refractivity contribution in [1.82, 2.24) is 9.55 Å². The van der Waals surface area contributed by atoms with Crippen LogP contribution in [-0.4, -0.2) is 22.6 Å². The Morgan fingerprint density at radius 1 is 1.00 bits per heavy atom. The van der Waals surface area contributed by atoms with Crippen molar-refractivity contribution >= 4 is 28.3 Å². The molecule has 0 unspecified atom stereocenters. The second kappa shape index (κ2) is 5.13. The molecule has 0 bridgehead atoms. The van der Waals surface area contributed by atoms with Crippen LogP contribution < -0.4 is 15.4 Å². The molecular weight excluding hydrogens is 352 g/mol. The van der Waals surface area contributed by atoms with Crippen molar-refractivity contribution in [1.29, 1.82) is 0 Å². The molecule has 28 heavy (non-hydrogen) atoms. The maximum absolute atomic E-state index is 13.5. The van der Waals surface area contributed by atoms with E-state index in [1.807, 2.05) is 71.3 Å². The Morgan fingerprint density at radius 3 is 2.71 bits per heavy atom. The van der Waals surface area contributed by atoms with Crippen molar-refractivity contribution in [3.8, 4) is 17.1 Å². The molecule has 2 N–H and O–H groups in total. The number of fused-ring (bicyclic) bond motifs is 8. The number of anilines is 2. The van der Waals surface area contributed by atoms with Crippen LogP contribution in [0, 0.1) is 0 Å². The van der Waals surface area contributed by atoms with Gasteiger partial charge in [0, 0.05) is 22.5 Å².